The number of benzene rings is 1. The second-order valence-electron chi connectivity index (χ2n) is 6.98. The van der Waals surface area contributed by atoms with Gasteiger partial charge in [-0.15, -0.1) is 0 Å². The van der Waals surface area contributed by atoms with E-state index in [1.54, 1.807) is 23.0 Å². The highest BCUT2D eigenvalue weighted by atomic mass is 35.5. The first-order valence-corrected chi connectivity index (χ1v) is 9.77. The van der Waals surface area contributed by atoms with Crippen molar-refractivity contribution >= 4 is 45.7 Å². The summed E-state index contributed by atoms with van der Waals surface area (Å²) in [6.07, 6.45) is 6.43. The standard InChI is InChI=1S/C19H20ClFN8O/c1-4-22-19(30)27-12-8-29-7-11(23-6-13(29)26-12)14-10-5-24-28-17(10)18(25-9(2)3)16(21)15(14)20/h5-9,25H,4H2,1-3H3,(H,24,28)(H2,22,27,30). The molecular weight excluding hydrogens is 411 g/mol. The number of hydrogen-bond acceptors (Lipinski definition) is 5. The summed E-state index contributed by atoms with van der Waals surface area (Å²) >= 11 is 6.43. The Labute approximate surface area is 176 Å². The van der Waals surface area contributed by atoms with E-state index in [2.05, 4.69) is 36.1 Å². The molecule has 0 aliphatic carbocycles. The minimum absolute atomic E-state index is 0.00386. The summed E-state index contributed by atoms with van der Waals surface area (Å²) in [6.45, 7) is 6.13. The van der Waals surface area contributed by atoms with Crippen LogP contribution in [0.3, 0.4) is 0 Å². The van der Waals surface area contributed by atoms with Gasteiger partial charge in [0, 0.05) is 29.7 Å². The normalized spacial score (nSPS) is 11.4. The minimum Gasteiger partial charge on any atom is -0.379 e. The number of nitrogens with one attached hydrogen (secondary N) is 4. The fraction of sp³-hybridized carbons (Fsp3) is 0.263. The average Bonchev–Trinajstić information content (AvgIpc) is 3.31. The highest BCUT2D eigenvalue weighted by molar-refractivity contribution is 6.35. The molecule has 0 aliphatic heterocycles. The van der Waals surface area contributed by atoms with E-state index in [9.17, 15) is 4.79 Å². The molecule has 0 fully saturated rings. The molecule has 0 unspecified atom stereocenters. The van der Waals surface area contributed by atoms with Gasteiger partial charge in [0.1, 0.15) is 0 Å². The number of anilines is 2. The van der Waals surface area contributed by atoms with Gasteiger partial charge in [0.2, 0.25) is 0 Å². The second-order valence-corrected chi connectivity index (χ2v) is 7.36. The molecule has 3 aromatic heterocycles. The van der Waals surface area contributed by atoms with Crippen molar-refractivity contribution in [2.24, 2.45) is 0 Å². The first kappa shape index (κ1) is 19.9. The highest BCUT2D eigenvalue weighted by Gasteiger charge is 2.22. The molecule has 0 radical (unpaired) electrons. The Morgan fingerprint density at radius 2 is 2.13 bits per heavy atom. The molecule has 0 aliphatic rings. The molecule has 3 heterocycles. The van der Waals surface area contributed by atoms with Gasteiger partial charge < -0.3 is 15.0 Å². The van der Waals surface area contributed by atoms with E-state index in [1.165, 1.54) is 6.20 Å². The smallest absolute Gasteiger partial charge is 0.320 e. The number of nitrogens with zero attached hydrogens (tertiary/aromatic N) is 4. The maximum Gasteiger partial charge on any atom is 0.320 e. The summed E-state index contributed by atoms with van der Waals surface area (Å²) in [7, 11) is 0. The number of hydrogen-bond donors (Lipinski definition) is 4. The molecule has 30 heavy (non-hydrogen) atoms. The monoisotopic (exact) mass is 430 g/mol. The third-order valence-corrected chi connectivity index (χ3v) is 4.75. The average molecular weight is 431 g/mol. The van der Waals surface area contributed by atoms with E-state index in [1.807, 2.05) is 20.8 Å². The quantitative estimate of drug-likeness (QED) is 0.382. The maximum atomic E-state index is 15.1. The van der Waals surface area contributed by atoms with Crippen LogP contribution in [0.15, 0.2) is 24.8 Å². The van der Waals surface area contributed by atoms with Gasteiger partial charge in [0.15, 0.2) is 17.3 Å². The highest BCUT2D eigenvalue weighted by Crippen LogP contribution is 2.40. The Balaban J connectivity index is 1.81. The molecule has 11 heteroatoms. The topological polar surface area (TPSA) is 112 Å². The van der Waals surface area contributed by atoms with Gasteiger partial charge in [-0.2, -0.15) is 5.10 Å². The van der Waals surface area contributed by atoms with E-state index < -0.39 is 5.82 Å². The molecule has 4 N–H and O–H groups in total. The Kier molecular flexibility index (Phi) is 5.17. The van der Waals surface area contributed by atoms with E-state index in [0.29, 0.717) is 40.2 Å². The fourth-order valence-electron chi connectivity index (χ4n) is 3.20. The molecule has 156 valence electrons. The van der Waals surface area contributed by atoms with Crippen LogP contribution in [0.2, 0.25) is 5.02 Å². The first-order chi connectivity index (χ1) is 14.4. The number of carbonyl (C=O) groups excluding carboxylic acids is 1. The van der Waals surface area contributed by atoms with Crippen molar-refractivity contribution in [1.29, 1.82) is 0 Å². The first-order valence-electron chi connectivity index (χ1n) is 9.39. The van der Waals surface area contributed by atoms with Gasteiger partial charge in [-0.1, -0.05) is 11.6 Å². The van der Waals surface area contributed by atoms with Gasteiger partial charge in [0.25, 0.3) is 0 Å². The Hall–Kier alpha value is -3.40. The number of aromatic nitrogens is 5. The maximum absolute atomic E-state index is 15.1. The van der Waals surface area contributed by atoms with Crippen LogP contribution >= 0.6 is 11.6 Å². The number of rotatable bonds is 5. The van der Waals surface area contributed by atoms with Crippen LogP contribution in [-0.4, -0.2) is 43.2 Å². The molecule has 1 aromatic carbocycles. The van der Waals surface area contributed by atoms with Crippen molar-refractivity contribution in [1.82, 2.24) is 29.9 Å². The van der Waals surface area contributed by atoms with Crippen LogP contribution in [0, 0.1) is 5.82 Å². The molecule has 4 rings (SSSR count). The molecule has 9 nitrogen and oxygen atoms in total. The van der Waals surface area contributed by atoms with Gasteiger partial charge in [0.05, 0.1) is 40.5 Å². The van der Waals surface area contributed by atoms with Crippen molar-refractivity contribution in [3.63, 3.8) is 0 Å². The summed E-state index contributed by atoms with van der Waals surface area (Å²) < 4.78 is 16.8. The number of amides is 2. The van der Waals surface area contributed by atoms with Crippen molar-refractivity contribution in [2.45, 2.75) is 26.8 Å². The molecule has 0 saturated heterocycles. The zero-order chi connectivity index (χ0) is 21.4. The van der Waals surface area contributed by atoms with Crippen molar-refractivity contribution < 1.29 is 9.18 Å². The lowest BCUT2D eigenvalue weighted by Crippen LogP contribution is -2.28. The van der Waals surface area contributed by atoms with Crippen LogP contribution < -0.4 is 16.0 Å². The summed E-state index contributed by atoms with van der Waals surface area (Å²) in [5, 5.41) is 15.8. The van der Waals surface area contributed by atoms with E-state index in [-0.39, 0.29) is 22.8 Å². The SMILES string of the molecule is CCNC(=O)Nc1cn2cc(-c3c(Cl)c(F)c(NC(C)C)c4[nH]ncc34)ncc2n1. The number of H-pyrrole nitrogens is 1. The zero-order valence-electron chi connectivity index (χ0n) is 16.5. The van der Waals surface area contributed by atoms with Crippen LogP contribution in [-0.2, 0) is 0 Å². The van der Waals surface area contributed by atoms with Gasteiger partial charge in [-0.3, -0.25) is 15.4 Å². The largest absolute Gasteiger partial charge is 0.379 e. The van der Waals surface area contributed by atoms with Gasteiger partial charge in [-0.05, 0) is 20.8 Å². The van der Waals surface area contributed by atoms with E-state index >= 15 is 4.39 Å². The predicted molar refractivity (Wildman–Crippen MR) is 114 cm³/mol. The lowest BCUT2D eigenvalue weighted by Gasteiger charge is -2.15. The number of halogens is 2. The second kappa shape index (κ2) is 7.79. The summed E-state index contributed by atoms with van der Waals surface area (Å²) in [5.41, 5.74) is 2.15. The van der Waals surface area contributed by atoms with E-state index in [0.717, 1.165) is 0 Å². The molecule has 0 saturated carbocycles. The summed E-state index contributed by atoms with van der Waals surface area (Å²) in [4.78, 5) is 20.4. The third-order valence-electron chi connectivity index (χ3n) is 4.40. The van der Waals surface area contributed by atoms with Crippen molar-refractivity contribution in [2.75, 3.05) is 17.2 Å². The lowest BCUT2D eigenvalue weighted by molar-refractivity contribution is 0.252. The van der Waals surface area contributed by atoms with Gasteiger partial charge in [-0.25, -0.2) is 14.2 Å². The zero-order valence-corrected chi connectivity index (χ0v) is 17.3. The van der Waals surface area contributed by atoms with Crippen LogP contribution in [0.25, 0.3) is 27.8 Å². The number of aromatic amines is 1. The molecule has 0 spiro atoms. The third kappa shape index (κ3) is 3.50. The number of imidazole rings is 1. The van der Waals surface area contributed by atoms with E-state index in [4.69, 9.17) is 11.6 Å². The minimum atomic E-state index is -0.580. The fourth-order valence-corrected chi connectivity index (χ4v) is 3.49. The van der Waals surface area contributed by atoms with Crippen LogP contribution in [0.1, 0.15) is 20.8 Å². The van der Waals surface area contributed by atoms with Crippen LogP contribution in [0.5, 0.6) is 0 Å². The summed E-state index contributed by atoms with van der Waals surface area (Å²) in [6, 6.07) is -0.350. The lowest BCUT2D eigenvalue weighted by atomic mass is 10.1. The van der Waals surface area contributed by atoms with Gasteiger partial charge >= 0.3 is 6.03 Å². The Morgan fingerprint density at radius 1 is 1.33 bits per heavy atom. The molecular formula is C19H20ClFN8O. The number of urea groups is 1. The molecule has 4 aromatic rings. The predicted octanol–water partition coefficient (Wildman–Crippen LogP) is 4.03. The van der Waals surface area contributed by atoms with Crippen LogP contribution in [0.4, 0.5) is 20.7 Å². The van der Waals surface area contributed by atoms with Crippen molar-refractivity contribution in [3.05, 3.63) is 35.6 Å². The van der Waals surface area contributed by atoms with Crippen molar-refractivity contribution in [3.8, 4) is 11.3 Å². The Bertz CT molecular complexity index is 1250. The number of fused-ring (bicyclic) bond motifs is 2. The molecule has 0 atom stereocenters. The molecule has 2 amide bonds. The summed E-state index contributed by atoms with van der Waals surface area (Å²) in [5.74, 6) is -0.217. The Morgan fingerprint density at radius 3 is 2.87 bits per heavy atom. The molecule has 0 bridgehead atoms. The number of carbonyl (C=O) groups is 1.